The quantitative estimate of drug-likeness (QED) is 0.549. The van der Waals surface area contributed by atoms with Crippen molar-refractivity contribution in [1.82, 2.24) is 15.0 Å². The summed E-state index contributed by atoms with van der Waals surface area (Å²) in [5.41, 5.74) is 0.446. The number of piperidine rings is 2. The highest BCUT2D eigenvalue weighted by Gasteiger charge is 2.23. The summed E-state index contributed by atoms with van der Waals surface area (Å²) in [5.74, 6) is 0.858. The van der Waals surface area contributed by atoms with E-state index in [1.807, 2.05) is 6.07 Å². The van der Waals surface area contributed by atoms with Crippen LogP contribution in [0.25, 0.3) is 0 Å². The molecule has 0 aromatic carbocycles. The number of anilines is 4. The van der Waals surface area contributed by atoms with Crippen molar-refractivity contribution in [2.45, 2.75) is 44.8 Å². The molecule has 11 heteroatoms. The Morgan fingerprint density at radius 3 is 1.93 bits per heavy atom. The predicted molar refractivity (Wildman–Crippen MR) is 114 cm³/mol. The molecule has 4 heterocycles. The Bertz CT molecular complexity index is 866. The van der Waals surface area contributed by atoms with Crippen LogP contribution in [0.5, 0.6) is 0 Å². The van der Waals surface area contributed by atoms with Gasteiger partial charge in [0.05, 0.1) is 17.9 Å². The van der Waals surface area contributed by atoms with Crippen molar-refractivity contribution in [2.75, 3.05) is 41.3 Å². The molecule has 4 N–H and O–H groups in total. The first-order chi connectivity index (χ1) is 14.4. The molecule has 2 aliphatic heterocycles. The normalized spacial score (nSPS) is 18.6. The van der Waals surface area contributed by atoms with Gasteiger partial charge in [0.1, 0.15) is 16.5 Å². The van der Waals surface area contributed by atoms with Gasteiger partial charge in [-0.05, 0) is 32.6 Å². The highest BCUT2D eigenvalue weighted by atomic mass is 32.1. The van der Waals surface area contributed by atoms with Crippen molar-refractivity contribution in [2.24, 2.45) is 0 Å². The molecule has 2 aromatic heterocycles. The lowest BCUT2D eigenvalue weighted by molar-refractivity contribution is 0.0701. The first-order valence-electron chi connectivity index (χ1n) is 10.1. The van der Waals surface area contributed by atoms with Gasteiger partial charge in [-0.2, -0.15) is 9.97 Å². The van der Waals surface area contributed by atoms with Gasteiger partial charge < -0.3 is 25.1 Å². The van der Waals surface area contributed by atoms with Crippen LogP contribution in [0.4, 0.5) is 22.7 Å². The first kappa shape index (κ1) is 20.8. The van der Waals surface area contributed by atoms with E-state index in [-0.39, 0.29) is 17.1 Å². The van der Waals surface area contributed by atoms with Crippen LogP contribution >= 0.6 is 11.3 Å². The molecule has 2 saturated heterocycles. The zero-order valence-corrected chi connectivity index (χ0v) is 17.6. The van der Waals surface area contributed by atoms with E-state index in [0.717, 1.165) is 23.0 Å². The van der Waals surface area contributed by atoms with Crippen LogP contribution < -0.4 is 15.1 Å². The number of aryl methyl sites for hydroxylation is 1. The minimum absolute atomic E-state index is 0.184. The van der Waals surface area contributed by atoms with Crippen molar-refractivity contribution in [3.05, 3.63) is 16.6 Å². The molecule has 2 aromatic rings. The van der Waals surface area contributed by atoms with E-state index in [0.29, 0.717) is 68.6 Å². The van der Waals surface area contributed by atoms with Gasteiger partial charge in [0, 0.05) is 32.2 Å². The molecule has 162 valence electrons. The smallest absolute Gasteiger partial charge is 0.347 e. The number of aromatic nitrogens is 3. The van der Waals surface area contributed by atoms with Crippen LogP contribution in [-0.4, -0.2) is 74.6 Å². The number of aliphatic hydroxyl groups excluding tert-OH is 2. The van der Waals surface area contributed by atoms with Crippen LogP contribution in [0.3, 0.4) is 0 Å². The molecule has 4 rings (SSSR count). The van der Waals surface area contributed by atoms with Crippen LogP contribution in [0.1, 0.15) is 41.0 Å². The van der Waals surface area contributed by atoms with Crippen molar-refractivity contribution in [3.8, 4) is 0 Å². The number of carbonyl (C=O) groups is 1. The summed E-state index contributed by atoms with van der Waals surface area (Å²) in [6.45, 7) is 4.47. The monoisotopic (exact) mass is 434 g/mol. The van der Waals surface area contributed by atoms with E-state index >= 15 is 0 Å². The van der Waals surface area contributed by atoms with Crippen molar-refractivity contribution in [1.29, 1.82) is 0 Å². The highest BCUT2D eigenvalue weighted by Crippen LogP contribution is 2.29. The number of carboxylic acid groups (broad SMARTS) is 1. The standard InChI is InChI=1S/C19H26N6O4S/c1-11-16(17(28)29)30-19(20-11)23-18-21-14(24-6-2-12(26)3-7-24)10-15(22-18)25-8-4-13(27)5-9-25/h10,12-13,26-27H,2-9H2,1H3,(H,28,29)(H,20,21,22,23). The van der Waals surface area contributed by atoms with Crippen molar-refractivity contribution < 1.29 is 20.1 Å². The third-order valence-corrected chi connectivity index (χ3v) is 6.55. The fraction of sp³-hybridized carbons (Fsp3) is 0.579. The van der Waals surface area contributed by atoms with E-state index in [2.05, 4.69) is 30.1 Å². The Morgan fingerprint density at radius 2 is 1.50 bits per heavy atom. The summed E-state index contributed by atoms with van der Waals surface area (Å²) < 4.78 is 0. The molecule has 0 radical (unpaired) electrons. The third-order valence-electron chi connectivity index (χ3n) is 5.49. The van der Waals surface area contributed by atoms with Crippen LogP contribution in [0.15, 0.2) is 6.07 Å². The summed E-state index contributed by atoms with van der Waals surface area (Å²) in [6.07, 6.45) is 2.18. The summed E-state index contributed by atoms with van der Waals surface area (Å²) in [6, 6.07) is 1.94. The molecule has 0 amide bonds. The van der Waals surface area contributed by atoms with Crippen molar-refractivity contribution in [3.63, 3.8) is 0 Å². The molecule has 0 bridgehead atoms. The summed E-state index contributed by atoms with van der Waals surface area (Å²) in [7, 11) is 0. The molecule has 0 unspecified atom stereocenters. The van der Waals surface area contributed by atoms with E-state index in [1.165, 1.54) is 0 Å². The second-order valence-corrected chi connectivity index (χ2v) is 8.71. The molecular weight excluding hydrogens is 408 g/mol. The zero-order valence-electron chi connectivity index (χ0n) is 16.8. The van der Waals surface area contributed by atoms with Gasteiger partial charge in [-0.15, -0.1) is 0 Å². The minimum atomic E-state index is -1.01. The molecule has 2 aliphatic rings. The van der Waals surface area contributed by atoms with Gasteiger partial charge in [-0.1, -0.05) is 11.3 Å². The van der Waals surface area contributed by atoms with Gasteiger partial charge in [-0.25, -0.2) is 9.78 Å². The third kappa shape index (κ3) is 4.63. The molecule has 0 atom stereocenters. The Balaban J connectivity index is 1.62. The molecular formula is C19H26N6O4S. The Kier molecular flexibility index (Phi) is 6.02. The molecule has 0 aliphatic carbocycles. The van der Waals surface area contributed by atoms with Gasteiger partial charge in [0.15, 0.2) is 5.13 Å². The van der Waals surface area contributed by atoms with Gasteiger partial charge in [0.2, 0.25) is 5.95 Å². The second-order valence-electron chi connectivity index (χ2n) is 7.71. The van der Waals surface area contributed by atoms with E-state index in [4.69, 9.17) is 0 Å². The largest absolute Gasteiger partial charge is 0.477 e. The maximum Gasteiger partial charge on any atom is 0.347 e. The summed E-state index contributed by atoms with van der Waals surface area (Å²) >= 11 is 1.05. The Labute approximate surface area is 178 Å². The number of nitrogens with one attached hydrogen (secondary N) is 1. The fourth-order valence-electron chi connectivity index (χ4n) is 3.74. The van der Waals surface area contributed by atoms with E-state index in [1.54, 1.807) is 6.92 Å². The number of aliphatic hydroxyl groups is 2. The molecule has 10 nitrogen and oxygen atoms in total. The van der Waals surface area contributed by atoms with Crippen molar-refractivity contribution >= 4 is 40.0 Å². The zero-order chi connectivity index (χ0) is 21.3. The lowest BCUT2D eigenvalue weighted by Crippen LogP contribution is -2.38. The number of hydrogen-bond donors (Lipinski definition) is 4. The Hall–Kier alpha value is -2.50. The summed E-state index contributed by atoms with van der Waals surface area (Å²) in [5, 5.41) is 32.4. The average molecular weight is 435 g/mol. The molecule has 0 saturated carbocycles. The second kappa shape index (κ2) is 8.70. The molecule has 0 spiro atoms. The number of thiazole rings is 1. The van der Waals surface area contributed by atoms with Gasteiger partial charge in [-0.3, -0.25) is 5.32 Å². The number of hydrogen-bond acceptors (Lipinski definition) is 10. The Morgan fingerprint density at radius 1 is 1.00 bits per heavy atom. The first-order valence-corrected chi connectivity index (χ1v) is 10.9. The molecule has 2 fully saturated rings. The topological polar surface area (TPSA) is 135 Å². The maximum absolute atomic E-state index is 11.3. The predicted octanol–water partition coefficient (Wildman–Crippen LogP) is 1.61. The van der Waals surface area contributed by atoms with Crippen LogP contribution in [0, 0.1) is 6.92 Å². The maximum atomic E-state index is 11.3. The minimum Gasteiger partial charge on any atom is -0.477 e. The number of nitrogens with zero attached hydrogens (tertiary/aromatic N) is 5. The number of carboxylic acids is 1. The highest BCUT2D eigenvalue weighted by molar-refractivity contribution is 7.17. The summed E-state index contributed by atoms with van der Waals surface area (Å²) in [4.78, 5) is 29.3. The number of rotatable bonds is 5. The fourth-order valence-corrected chi connectivity index (χ4v) is 4.53. The number of aromatic carboxylic acids is 1. The lowest BCUT2D eigenvalue weighted by atomic mass is 10.1. The van der Waals surface area contributed by atoms with Gasteiger partial charge in [0.25, 0.3) is 0 Å². The molecule has 30 heavy (non-hydrogen) atoms. The van der Waals surface area contributed by atoms with E-state index in [9.17, 15) is 20.1 Å². The van der Waals surface area contributed by atoms with E-state index < -0.39 is 5.97 Å². The SMILES string of the molecule is Cc1nc(Nc2nc(N3CCC(O)CC3)cc(N3CCC(O)CC3)n2)sc1C(=O)O. The van der Waals surface area contributed by atoms with Gasteiger partial charge >= 0.3 is 5.97 Å². The van der Waals surface area contributed by atoms with Crippen LogP contribution in [0.2, 0.25) is 0 Å². The average Bonchev–Trinajstić information content (AvgIpc) is 3.09. The van der Waals surface area contributed by atoms with Crippen LogP contribution in [-0.2, 0) is 0 Å². The lowest BCUT2D eigenvalue weighted by Gasteiger charge is -2.33.